The molecule has 18 heavy (non-hydrogen) atoms. The zero-order chi connectivity index (χ0) is 12.7. The molecule has 2 aromatic heterocycles. The van der Waals surface area contributed by atoms with Gasteiger partial charge in [0, 0.05) is 25.6 Å². The summed E-state index contributed by atoms with van der Waals surface area (Å²) in [6.45, 7) is 4.18. The molecule has 0 radical (unpaired) electrons. The highest BCUT2D eigenvalue weighted by Gasteiger charge is 2.35. The van der Waals surface area contributed by atoms with Gasteiger partial charge in [-0.05, 0) is 25.5 Å². The van der Waals surface area contributed by atoms with Gasteiger partial charge in [-0.3, -0.25) is 4.90 Å². The van der Waals surface area contributed by atoms with Crippen molar-refractivity contribution in [1.82, 2.24) is 15.0 Å². The molecule has 92 valence electrons. The summed E-state index contributed by atoms with van der Waals surface area (Å²) in [4.78, 5) is 17.5. The molecule has 2 aromatic rings. The van der Waals surface area contributed by atoms with E-state index in [1.165, 1.54) is 0 Å². The smallest absolute Gasteiger partial charge is 0.179 e. The summed E-state index contributed by atoms with van der Waals surface area (Å²) in [6, 6.07) is 4.00. The number of fused-ring (bicyclic) bond motifs is 1. The number of hydrogen-bond donors (Lipinski definition) is 0. The van der Waals surface area contributed by atoms with Crippen molar-refractivity contribution in [2.75, 3.05) is 16.8 Å². The average Bonchev–Trinajstić information content (AvgIpc) is 2.64. The highest BCUT2D eigenvalue weighted by atomic mass is 15.5. The van der Waals surface area contributed by atoms with Crippen molar-refractivity contribution in [3.05, 3.63) is 36.3 Å². The molecule has 0 aliphatic carbocycles. The lowest BCUT2D eigenvalue weighted by Gasteiger charge is -2.26. The maximum Gasteiger partial charge on any atom is 0.179 e. The van der Waals surface area contributed by atoms with Crippen molar-refractivity contribution < 1.29 is 0 Å². The van der Waals surface area contributed by atoms with E-state index >= 15 is 0 Å². The van der Waals surface area contributed by atoms with Crippen molar-refractivity contribution >= 4 is 17.5 Å². The Balaban J connectivity index is 2.16. The molecule has 0 amide bonds. The lowest BCUT2D eigenvalue weighted by Crippen LogP contribution is -2.36. The van der Waals surface area contributed by atoms with Crippen LogP contribution in [0.25, 0.3) is 0 Å². The van der Waals surface area contributed by atoms with Crippen LogP contribution >= 0.6 is 0 Å². The van der Waals surface area contributed by atoms with E-state index in [9.17, 15) is 0 Å². The lowest BCUT2D eigenvalue weighted by molar-refractivity contribution is 0.718. The van der Waals surface area contributed by atoms with E-state index in [1.54, 1.807) is 12.4 Å². The number of aryl methyl sites for hydroxylation is 1. The Morgan fingerprint density at radius 2 is 1.67 bits per heavy atom. The average molecular weight is 241 g/mol. The second-order valence-electron chi connectivity index (χ2n) is 4.46. The topological polar surface area (TPSA) is 45.2 Å². The summed E-state index contributed by atoms with van der Waals surface area (Å²) in [5.74, 6) is 2.71. The number of anilines is 3. The molecule has 1 atom stereocenters. The first kappa shape index (κ1) is 11.0. The van der Waals surface area contributed by atoms with Crippen LogP contribution in [0.15, 0.2) is 30.7 Å². The van der Waals surface area contributed by atoms with E-state index in [4.69, 9.17) is 0 Å². The maximum absolute atomic E-state index is 4.48. The van der Waals surface area contributed by atoms with E-state index in [0.717, 1.165) is 23.0 Å². The summed E-state index contributed by atoms with van der Waals surface area (Å²) >= 11 is 0. The van der Waals surface area contributed by atoms with E-state index in [2.05, 4.69) is 44.7 Å². The first-order valence-electron chi connectivity index (χ1n) is 5.95. The molecule has 3 heterocycles. The standard InChI is InChI=1S/C13H15N5/c1-9-5-4-6-14-11(9)18-10(2)17(3)12-13(18)16-8-7-15-12/h4-8,10H,1-3H3. The van der Waals surface area contributed by atoms with Gasteiger partial charge < -0.3 is 4.90 Å². The van der Waals surface area contributed by atoms with Gasteiger partial charge in [0.15, 0.2) is 11.6 Å². The molecule has 1 aliphatic rings. The first-order chi connectivity index (χ1) is 8.70. The van der Waals surface area contributed by atoms with Crippen molar-refractivity contribution in [3.63, 3.8) is 0 Å². The van der Waals surface area contributed by atoms with Gasteiger partial charge in [-0.15, -0.1) is 0 Å². The van der Waals surface area contributed by atoms with Crippen molar-refractivity contribution in [3.8, 4) is 0 Å². The summed E-state index contributed by atoms with van der Waals surface area (Å²) < 4.78 is 0. The molecule has 1 aliphatic heterocycles. The molecule has 3 rings (SSSR count). The molecule has 0 saturated carbocycles. The van der Waals surface area contributed by atoms with Gasteiger partial charge in [0.1, 0.15) is 12.0 Å². The molecule has 5 heteroatoms. The fourth-order valence-electron chi connectivity index (χ4n) is 2.28. The fraction of sp³-hybridized carbons (Fsp3) is 0.308. The minimum absolute atomic E-state index is 0.163. The minimum Gasteiger partial charge on any atom is -0.336 e. The Bertz CT molecular complexity index is 583. The first-order valence-corrected chi connectivity index (χ1v) is 5.95. The SMILES string of the molecule is Cc1cccnc1N1c2nccnc2N(C)C1C. The molecular weight excluding hydrogens is 226 g/mol. The van der Waals surface area contributed by atoms with E-state index in [-0.39, 0.29) is 6.17 Å². The van der Waals surface area contributed by atoms with Gasteiger partial charge in [0.05, 0.1) is 0 Å². The Hall–Kier alpha value is -2.17. The minimum atomic E-state index is 0.163. The normalized spacial score (nSPS) is 18.1. The van der Waals surface area contributed by atoms with Gasteiger partial charge >= 0.3 is 0 Å². The van der Waals surface area contributed by atoms with Crippen LogP contribution in [0.1, 0.15) is 12.5 Å². The molecule has 0 aromatic carbocycles. The molecule has 1 unspecified atom stereocenters. The van der Waals surface area contributed by atoms with Crippen LogP contribution in [0, 0.1) is 6.92 Å². The maximum atomic E-state index is 4.48. The molecule has 0 spiro atoms. The second-order valence-corrected chi connectivity index (χ2v) is 4.46. The van der Waals surface area contributed by atoms with E-state index in [1.807, 2.05) is 19.3 Å². The van der Waals surface area contributed by atoms with Crippen LogP contribution in [0.2, 0.25) is 0 Å². The highest BCUT2D eigenvalue weighted by Crippen LogP contribution is 2.39. The summed E-state index contributed by atoms with van der Waals surface area (Å²) in [5.41, 5.74) is 1.14. The third kappa shape index (κ3) is 1.44. The lowest BCUT2D eigenvalue weighted by atomic mass is 10.2. The van der Waals surface area contributed by atoms with Crippen LogP contribution in [-0.4, -0.2) is 28.2 Å². The Labute approximate surface area is 106 Å². The quantitative estimate of drug-likeness (QED) is 0.765. The van der Waals surface area contributed by atoms with Crippen molar-refractivity contribution in [2.24, 2.45) is 0 Å². The van der Waals surface area contributed by atoms with Crippen molar-refractivity contribution in [1.29, 1.82) is 0 Å². The van der Waals surface area contributed by atoms with Crippen LogP contribution in [0.5, 0.6) is 0 Å². The van der Waals surface area contributed by atoms with Gasteiger partial charge in [-0.1, -0.05) is 6.07 Å². The number of nitrogens with zero attached hydrogens (tertiary/aromatic N) is 5. The number of hydrogen-bond acceptors (Lipinski definition) is 5. The van der Waals surface area contributed by atoms with Gasteiger partial charge in [-0.25, -0.2) is 15.0 Å². The van der Waals surface area contributed by atoms with E-state index < -0.39 is 0 Å². The molecule has 0 saturated heterocycles. The summed E-state index contributed by atoms with van der Waals surface area (Å²) in [5, 5.41) is 0. The summed E-state index contributed by atoms with van der Waals surface area (Å²) in [6.07, 6.45) is 5.41. The molecule has 0 fully saturated rings. The summed E-state index contributed by atoms with van der Waals surface area (Å²) in [7, 11) is 2.02. The predicted octanol–water partition coefficient (Wildman–Crippen LogP) is 2.11. The Kier molecular flexibility index (Phi) is 2.40. The van der Waals surface area contributed by atoms with Gasteiger partial charge in [-0.2, -0.15) is 0 Å². The van der Waals surface area contributed by atoms with Crippen LogP contribution in [0.3, 0.4) is 0 Å². The third-order valence-corrected chi connectivity index (χ3v) is 3.37. The second kappa shape index (κ2) is 3.94. The van der Waals surface area contributed by atoms with Crippen molar-refractivity contribution in [2.45, 2.75) is 20.0 Å². The van der Waals surface area contributed by atoms with E-state index in [0.29, 0.717) is 0 Å². The predicted molar refractivity (Wildman–Crippen MR) is 71.0 cm³/mol. The number of pyridine rings is 1. The van der Waals surface area contributed by atoms with Crippen LogP contribution in [-0.2, 0) is 0 Å². The zero-order valence-electron chi connectivity index (χ0n) is 10.7. The number of rotatable bonds is 1. The third-order valence-electron chi connectivity index (χ3n) is 3.37. The molecule has 5 nitrogen and oxygen atoms in total. The van der Waals surface area contributed by atoms with Gasteiger partial charge in [0.2, 0.25) is 0 Å². The largest absolute Gasteiger partial charge is 0.336 e. The molecular formula is C13H15N5. The van der Waals surface area contributed by atoms with Crippen LogP contribution in [0.4, 0.5) is 17.5 Å². The molecule has 0 N–H and O–H groups in total. The van der Waals surface area contributed by atoms with Crippen LogP contribution < -0.4 is 9.80 Å². The monoisotopic (exact) mass is 241 g/mol. The van der Waals surface area contributed by atoms with Gasteiger partial charge in [0.25, 0.3) is 0 Å². The number of aromatic nitrogens is 3. The highest BCUT2D eigenvalue weighted by molar-refractivity contribution is 5.76. The Morgan fingerprint density at radius 1 is 1.00 bits per heavy atom. The zero-order valence-corrected chi connectivity index (χ0v) is 10.7. The Morgan fingerprint density at radius 3 is 2.39 bits per heavy atom. The fourth-order valence-corrected chi connectivity index (χ4v) is 2.28. The molecule has 0 bridgehead atoms.